The van der Waals surface area contributed by atoms with Crippen molar-refractivity contribution in [3.63, 3.8) is 0 Å². The molecular weight excluding hydrogens is 276 g/mol. The molecule has 0 spiro atoms. The van der Waals surface area contributed by atoms with Crippen LogP contribution >= 0.6 is 0 Å². The molecule has 21 heavy (non-hydrogen) atoms. The molecule has 8 heteroatoms. The Morgan fingerprint density at radius 2 is 2.05 bits per heavy atom. The second kappa shape index (κ2) is 6.24. The molecule has 1 heterocycles. The number of carbonyl (C=O) groups is 1. The Kier molecular flexibility index (Phi) is 4.20. The van der Waals surface area contributed by atoms with Gasteiger partial charge < -0.3 is 5.11 Å². The van der Waals surface area contributed by atoms with Gasteiger partial charge >= 0.3 is 5.69 Å². The normalized spacial score (nSPS) is 10.5. The van der Waals surface area contributed by atoms with Crippen LogP contribution in [0.2, 0.25) is 0 Å². The van der Waals surface area contributed by atoms with E-state index in [9.17, 15) is 20.0 Å². The molecule has 0 aliphatic heterocycles. The van der Waals surface area contributed by atoms with Crippen molar-refractivity contribution < 1.29 is 14.8 Å². The summed E-state index contributed by atoms with van der Waals surface area (Å²) in [5, 5.41) is 23.7. The molecule has 0 fully saturated rings. The minimum absolute atomic E-state index is 0.395. The molecule has 0 unspecified atom stereocenters. The van der Waals surface area contributed by atoms with E-state index < -0.39 is 22.3 Å². The Morgan fingerprint density at radius 1 is 1.33 bits per heavy atom. The minimum atomic E-state index is -0.693. The summed E-state index contributed by atoms with van der Waals surface area (Å²) in [4.78, 5) is 25.3. The van der Waals surface area contributed by atoms with Gasteiger partial charge in [0.05, 0.1) is 11.1 Å². The Balaban J connectivity index is 2.03. The molecule has 1 aromatic carbocycles. The molecule has 0 aliphatic rings. The molecule has 2 N–H and O–H groups in total. The lowest BCUT2D eigenvalue weighted by Crippen LogP contribution is -2.17. The average Bonchev–Trinajstić information content (AvgIpc) is 2.47. The Bertz CT molecular complexity index is 701. The Hall–Kier alpha value is -3.29. The molecule has 1 amide bonds. The topological polar surface area (TPSA) is 118 Å². The van der Waals surface area contributed by atoms with E-state index in [0.29, 0.717) is 11.1 Å². The zero-order valence-electron chi connectivity index (χ0n) is 10.6. The highest BCUT2D eigenvalue weighted by Crippen LogP contribution is 2.25. The maximum atomic E-state index is 11.7. The Labute approximate surface area is 118 Å². The predicted octanol–water partition coefficient (Wildman–Crippen LogP) is 1.46. The number of amides is 1. The first kappa shape index (κ1) is 14.1. The van der Waals surface area contributed by atoms with Crippen molar-refractivity contribution in [2.24, 2.45) is 5.10 Å². The lowest BCUT2D eigenvalue weighted by Gasteiger charge is -1.99. The summed E-state index contributed by atoms with van der Waals surface area (Å²) in [5.41, 5.74) is 2.70. The van der Waals surface area contributed by atoms with Gasteiger partial charge in [-0.1, -0.05) is 0 Å². The van der Waals surface area contributed by atoms with E-state index in [-0.39, 0.29) is 0 Å². The smallest absolute Gasteiger partial charge is 0.310 e. The van der Waals surface area contributed by atoms with E-state index in [0.717, 1.165) is 6.07 Å². The van der Waals surface area contributed by atoms with Crippen LogP contribution in [0.5, 0.6) is 5.75 Å². The molecule has 106 valence electrons. The van der Waals surface area contributed by atoms with Crippen LogP contribution in [0, 0.1) is 10.1 Å². The molecule has 0 atom stereocenters. The van der Waals surface area contributed by atoms with Crippen LogP contribution in [0.1, 0.15) is 15.9 Å². The van der Waals surface area contributed by atoms with Crippen molar-refractivity contribution in [1.29, 1.82) is 0 Å². The standard InChI is InChI=1S/C13H10N4O4/c18-12-7-9(1-2-11(12)17(20)21)8-15-16-13(19)10-3-5-14-6-4-10/h1-8,18H,(H,16,19)/b15-8+. The third kappa shape index (κ3) is 3.60. The maximum Gasteiger partial charge on any atom is 0.310 e. The van der Waals surface area contributed by atoms with Gasteiger partial charge in [-0.2, -0.15) is 5.10 Å². The van der Waals surface area contributed by atoms with Crippen LogP contribution in [0.4, 0.5) is 5.69 Å². The molecule has 0 radical (unpaired) electrons. The fourth-order valence-corrected chi connectivity index (χ4v) is 1.51. The largest absolute Gasteiger partial charge is 0.502 e. The van der Waals surface area contributed by atoms with E-state index in [1.54, 1.807) is 0 Å². The number of rotatable bonds is 4. The number of hydrogen-bond acceptors (Lipinski definition) is 6. The van der Waals surface area contributed by atoms with Gasteiger partial charge in [0.15, 0.2) is 5.75 Å². The third-order valence-corrected chi connectivity index (χ3v) is 2.52. The summed E-state index contributed by atoms with van der Waals surface area (Å²) in [5.74, 6) is -0.885. The van der Waals surface area contributed by atoms with E-state index in [1.807, 2.05) is 0 Å². The zero-order valence-corrected chi connectivity index (χ0v) is 10.6. The van der Waals surface area contributed by atoms with Crippen LogP contribution in [-0.4, -0.2) is 27.1 Å². The number of nitrogens with one attached hydrogen (secondary N) is 1. The number of hydrazone groups is 1. The minimum Gasteiger partial charge on any atom is -0.502 e. The first-order chi connectivity index (χ1) is 10.1. The SMILES string of the molecule is O=C(N/N=C/c1ccc([N+](=O)[O-])c(O)c1)c1ccncc1. The van der Waals surface area contributed by atoms with Gasteiger partial charge in [-0.05, 0) is 29.8 Å². The fraction of sp³-hybridized carbons (Fsp3) is 0. The molecule has 0 aliphatic carbocycles. The van der Waals surface area contributed by atoms with Gasteiger partial charge in [0.1, 0.15) is 0 Å². The highest BCUT2D eigenvalue weighted by molar-refractivity contribution is 5.94. The van der Waals surface area contributed by atoms with Crippen molar-refractivity contribution in [3.05, 3.63) is 64.0 Å². The van der Waals surface area contributed by atoms with Crippen LogP contribution in [0.3, 0.4) is 0 Å². The molecule has 0 saturated heterocycles. The summed E-state index contributed by atoms with van der Waals surface area (Å²) < 4.78 is 0. The number of nitro benzene ring substituents is 1. The van der Waals surface area contributed by atoms with Gasteiger partial charge in [-0.15, -0.1) is 0 Å². The number of phenolic OH excluding ortho intramolecular Hbond substituents is 1. The van der Waals surface area contributed by atoms with E-state index in [1.165, 1.54) is 42.9 Å². The quantitative estimate of drug-likeness (QED) is 0.501. The number of nitro groups is 1. The number of pyridine rings is 1. The van der Waals surface area contributed by atoms with Gasteiger partial charge in [-0.25, -0.2) is 5.43 Å². The van der Waals surface area contributed by atoms with Crippen molar-refractivity contribution in [1.82, 2.24) is 10.4 Å². The zero-order chi connectivity index (χ0) is 15.2. The number of nitrogens with zero attached hydrogens (tertiary/aromatic N) is 3. The van der Waals surface area contributed by atoms with Crippen LogP contribution in [0.15, 0.2) is 47.8 Å². The molecule has 0 saturated carbocycles. The number of aromatic nitrogens is 1. The number of benzene rings is 1. The van der Waals surface area contributed by atoms with Gasteiger partial charge in [0, 0.05) is 24.0 Å². The molecular formula is C13H10N4O4. The van der Waals surface area contributed by atoms with Crippen molar-refractivity contribution >= 4 is 17.8 Å². The number of aromatic hydroxyl groups is 1. The first-order valence-electron chi connectivity index (χ1n) is 5.79. The van der Waals surface area contributed by atoms with E-state index >= 15 is 0 Å². The molecule has 1 aromatic heterocycles. The predicted molar refractivity (Wildman–Crippen MR) is 74.1 cm³/mol. The summed E-state index contributed by atoms with van der Waals surface area (Å²) in [6.45, 7) is 0. The molecule has 0 bridgehead atoms. The van der Waals surface area contributed by atoms with Crippen LogP contribution in [0.25, 0.3) is 0 Å². The summed E-state index contributed by atoms with van der Waals surface area (Å²) in [6, 6.07) is 6.80. The molecule has 2 rings (SSSR count). The van der Waals surface area contributed by atoms with Crippen molar-refractivity contribution in [3.8, 4) is 5.75 Å². The fourth-order valence-electron chi connectivity index (χ4n) is 1.51. The second-order valence-electron chi connectivity index (χ2n) is 3.94. The van der Waals surface area contributed by atoms with Gasteiger partial charge in [0.25, 0.3) is 5.91 Å². The third-order valence-electron chi connectivity index (χ3n) is 2.52. The van der Waals surface area contributed by atoms with Gasteiger partial charge in [-0.3, -0.25) is 19.9 Å². The van der Waals surface area contributed by atoms with Crippen LogP contribution in [-0.2, 0) is 0 Å². The highest BCUT2D eigenvalue weighted by atomic mass is 16.6. The van der Waals surface area contributed by atoms with Crippen molar-refractivity contribution in [2.75, 3.05) is 0 Å². The highest BCUT2D eigenvalue weighted by Gasteiger charge is 2.12. The van der Waals surface area contributed by atoms with Crippen LogP contribution < -0.4 is 5.43 Å². The van der Waals surface area contributed by atoms with Crippen molar-refractivity contribution in [2.45, 2.75) is 0 Å². The monoisotopic (exact) mass is 286 g/mol. The van der Waals surface area contributed by atoms with Gasteiger partial charge in [0.2, 0.25) is 0 Å². The first-order valence-corrected chi connectivity index (χ1v) is 5.79. The molecule has 2 aromatic rings. The lowest BCUT2D eigenvalue weighted by atomic mass is 10.2. The summed E-state index contributed by atoms with van der Waals surface area (Å²) in [7, 11) is 0. The second-order valence-corrected chi connectivity index (χ2v) is 3.94. The molecule has 8 nitrogen and oxygen atoms in total. The Morgan fingerprint density at radius 3 is 2.67 bits per heavy atom. The number of hydrogen-bond donors (Lipinski definition) is 2. The van der Waals surface area contributed by atoms with E-state index in [4.69, 9.17) is 0 Å². The number of carbonyl (C=O) groups excluding carboxylic acids is 1. The maximum absolute atomic E-state index is 11.7. The summed E-state index contributed by atoms with van der Waals surface area (Å²) in [6.07, 6.45) is 4.22. The summed E-state index contributed by atoms with van der Waals surface area (Å²) >= 11 is 0. The van der Waals surface area contributed by atoms with E-state index in [2.05, 4.69) is 15.5 Å². The average molecular weight is 286 g/mol. The lowest BCUT2D eigenvalue weighted by molar-refractivity contribution is -0.385. The number of phenols is 1.